The molecule has 0 radical (unpaired) electrons. The number of fused-ring (bicyclic) bond motifs is 1. The second-order valence-corrected chi connectivity index (χ2v) is 11.2. The van der Waals surface area contributed by atoms with Crippen LogP contribution < -0.4 is 0 Å². The van der Waals surface area contributed by atoms with Gasteiger partial charge in [0.25, 0.3) is 0 Å². The summed E-state index contributed by atoms with van der Waals surface area (Å²) >= 11 is 0. The Hall–Kier alpha value is -6.44. The molecule has 0 saturated carbocycles. The zero-order valence-electron chi connectivity index (χ0n) is 27.9. The Labute approximate surface area is 288 Å². The molecule has 4 heteroatoms. The number of nitriles is 1. The molecule has 0 fully saturated rings. The van der Waals surface area contributed by atoms with Gasteiger partial charge in [-0.15, -0.1) is 0 Å². The Morgan fingerprint density at radius 1 is 0.531 bits per heavy atom. The summed E-state index contributed by atoms with van der Waals surface area (Å²) in [5, 5.41) is 11.7. The van der Waals surface area contributed by atoms with E-state index in [0.717, 1.165) is 66.9 Å². The fourth-order valence-corrected chi connectivity index (χ4v) is 5.82. The first-order chi connectivity index (χ1) is 24.1. The molecule has 5 aromatic carbocycles. The molecule has 0 spiro atoms. The summed E-state index contributed by atoms with van der Waals surface area (Å²) < 4.78 is 0. The van der Waals surface area contributed by atoms with E-state index in [1.165, 1.54) is 0 Å². The van der Waals surface area contributed by atoms with Crippen molar-refractivity contribution < 1.29 is 0 Å². The molecule has 0 amide bonds. The van der Waals surface area contributed by atoms with Crippen LogP contribution >= 0.6 is 0 Å². The third-order valence-corrected chi connectivity index (χ3v) is 8.15. The minimum absolute atomic E-state index is 0.569. The van der Waals surface area contributed by atoms with E-state index < -0.39 is 0 Å². The van der Waals surface area contributed by atoms with E-state index in [1.807, 2.05) is 75.4 Å². The first-order valence-electron chi connectivity index (χ1n) is 16.5. The van der Waals surface area contributed by atoms with Gasteiger partial charge >= 0.3 is 0 Å². The first-order valence-corrected chi connectivity index (χ1v) is 16.5. The zero-order chi connectivity index (χ0) is 34.2. The van der Waals surface area contributed by atoms with Gasteiger partial charge in [-0.1, -0.05) is 124 Å². The largest absolute Gasteiger partial charge is 0.248 e. The van der Waals surface area contributed by atoms with Gasteiger partial charge in [-0.05, 0) is 77.4 Å². The van der Waals surface area contributed by atoms with E-state index in [1.54, 1.807) is 12.1 Å². The molecule has 7 rings (SSSR count). The van der Waals surface area contributed by atoms with Gasteiger partial charge in [0, 0.05) is 22.3 Å². The van der Waals surface area contributed by atoms with Crippen molar-refractivity contribution in [2.24, 2.45) is 0 Å². The topological polar surface area (TPSA) is 62.5 Å². The Balaban J connectivity index is 0.00000205. The highest BCUT2D eigenvalue weighted by Crippen LogP contribution is 2.35. The van der Waals surface area contributed by atoms with Crippen LogP contribution in [0.25, 0.3) is 79.1 Å². The molecular weight excluding hydrogens is 597 g/mol. The zero-order valence-corrected chi connectivity index (χ0v) is 27.9. The van der Waals surface area contributed by atoms with Crippen molar-refractivity contribution in [2.75, 3.05) is 0 Å². The van der Waals surface area contributed by atoms with Gasteiger partial charge in [-0.3, -0.25) is 0 Å². The number of allylic oxidation sites excluding steroid dienone is 1. The predicted molar refractivity (Wildman–Crippen MR) is 205 cm³/mol. The standard InChI is InChI=1S/C43H30N4.C2H6/c1-3-12-39-38(4-2)46-42(35-18-11-13-29(23-35)28-44)43(47-39)36-22-20-32-24-34(21-19-33(32)25-36)41-27-37(30-14-7-5-8-15-30)26-40(45-41)31-16-9-6-10-17-31;1-2/h3-27H,2H2,1H3;1-2H3/b12-3-;. The number of hydrogen-bond acceptors (Lipinski definition) is 4. The molecule has 2 aromatic heterocycles. The van der Waals surface area contributed by atoms with E-state index in [9.17, 15) is 5.26 Å². The highest BCUT2D eigenvalue weighted by atomic mass is 14.8. The van der Waals surface area contributed by atoms with Crippen LogP contribution in [0.1, 0.15) is 37.7 Å². The second-order valence-electron chi connectivity index (χ2n) is 11.2. The van der Waals surface area contributed by atoms with Gasteiger partial charge in [0.15, 0.2) is 0 Å². The molecule has 236 valence electrons. The number of aromatic nitrogens is 3. The maximum absolute atomic E-state index is 9.56. The fraction of sp³-hybridized carbons (Fsp3) is 0.0667. The lowest BCUT2D eigenvalue weighted by Crippen LogP contribution is -2.00. The third-order valence-electron chi connectivity index (χ3n) is 8.15. The Morgan fingerprint density at radius 3 is 1.71 bits per heavy atom. The molecule has 0 N–H and O–H groups in total. The summed E-state index contributed by atoms with van der Waals surface area (Å²) in [6, 6.07) is 47.6. The summed E-state index contributed by atoms with van der Waals surface area (Å²) in [5.41, 5.74) is 11.5. The molecule has 0 aliphatic rings. The molecule has 2 heterocycles. The van der Waals surface area contributed by atoms with Crippen LogP contribution in [0.3, 0.4) is 0 Å². The summed E-state index contributed by atoms with van der Waals surface area (Å²) in [6.45, 7) is 9.93. The molecule has 49 heavy (non-hydrogen) atoms. The quantitative estimate of drug-likeness (QED) is 0.175. The van der Waals surface area contributed by atoms with Gasteiger partial charge in [0.05, 0.1) is 45.8 Å². The molecular formula is C45H36N4. The molecule has 4 nitrogen and oxygen atoms in total. The molecule has 0 aliphatic carbocycles. The summed E-state index contributed by atoms with van der Waals surface area (Å²) in [5.74, 6) is 0. The third kappa shape index (κ3) is 6.98. The summed E-state index contributed by atoms with van der Waals surface area (Å²) in [4.78, 5) is 15.2. The normalized spacial score (nSPS) is 10.7. The number of benzene rings is 5. The van der Waals surface area contributed by atoms with Crippen molar-refractivity contribution in [3.8, 4) is 62.2 Å². The van der Waals surface area contributed by atoms with Crippen molar-refractivity contribution >= 4 is 22.9 Å². The SMILES string of the molecule is C=Cc1nc(-c2cccc(C#N)c2)c(-c2ccc3cc(-c4cc(-c5ccccc5)cc(-c5ccccc5)n4)ccc3c2)nc1/C=C\C.CC. The van der Waals surface area contributed by atoms with Crippen molar-refractivity contribution in [1.29, 1.82) is 5.26 Å². The molecule has 0 aliphatic heterocycles. The van der Waals surface area contributed by atoms with Crippen LogP contribution in [0.5, 0.6) is 0 Å². The second kappa shape index (κ2) is 15.0. The molecule has 7 aromatic rings. The number of rotatable bonds is 7. The number of hydrogen-bond donors (Lipinski definition) is 0. The first kappa shape index (κ1) is 32.5. The van der Waals surface area contributed by atoms with E-state index in [2.05, 4.69) is 97.6 Å². The molecule has 0 saturated heterocycles. The maximum Gasteiger partial charge on any atom is 0.0991 e. The van der Waals surface area contributed by atoms with Crippen LogP contribution in [0.4, 0.5) is 0 Å². The smallest absolute Gasteiger partial charge is 0.0991 e. The average molecular weight is 633 g/mol. The van der Waals surface area contributed by atoms with E-state index in [0.29, 0.717) is 17.0 Å². The van der Waals surface area contributed by atoms with Crippen LogP contribution in [0, 0.1) is 11.3 Å². The Bertz CT molecular complexity index is 2270. The highest BCUT2D eigenvalue weighted by Gasteiger charge is 2.16. The van der Waals surface area contributed by atoms with Gasteiger partial charge in [0.2, 0.25) is 0 Å². The number of nitrogens with zero attached hydrogens (tertiary/aromatic N) is 4. The lowest BCUT2D eigenvalue weighted by atomic mass is 9.97. The lowest BCUT2D eigenvalue weighted by molar-refractivity contribution is 1.17. The summed E-state index contributed by atoms with van der Waals surface area (Å²) in [7, 11) is 0. The van der Waals surface area contributed by atoms with Crippen molar-refractivity contribution in [3.63, 3.8) is 0 Å². The predicted octanol–water partition coefficient (Wildman–Crippen LogP) is 11.9. The van der Waals surface area contributed by atoms with Gasteiger partial charge in [-0.25, -0.2) is 15.0 Å². The van der Waals surface area contributed by atoms with Crippen molar-refractivity contribution in [2.45, 2.75) is 20.8 Å². The van der Waals surface area contributed by atoms with Crippen molar-refractivity contribution in [1.82, 2.24) is 15.0 Å². The van der Waals surface area contributed by atoms with Gasteiger partial charge < -0.3 is 0 Å². The Morgan fingerprint density at radius 2 is 1.08 bits per heavy atom. The van der Waals surface area contributed by atoms with E-state index >= 15 is 0 Å². The van der Waals surface area contributed by atoms with Gasteiger partial charge in [0.1, 0.15) is 0 Å². The van der Waals surface area contributed by atoms with Crippen LogP contribution in [-0.2, 0) is 0 Å². The van der Waals surface area contributed by atoms with E-state index in [4.69, 9.17) is 15.0 Å². The van der Waals surface area contributed by atoms with Crippen LogP contribution in [0.15, 0.2) is 146 Å². The van der Waals surface area contributed by atoms with Gasteiger partial charge in [-0.2, -0.15) is 5.26 Å². The highest BCUT2D eigenvalue weighted by molar-refractivity contribution is 5.92. The monoisotopic (exact) mass is 632 g/mol. The molecule has 0 bridgehead atoms. The lowest BCUT2D eigenvalue weighted by Gasteiger charge is -2.14. The van der Waals surface area contributed by atoms with Crippen LogP contribution in [-0.4, -0.2) is 15.0 Å². The minimum Gasteiger partial charge on any atom is -0.248 e. The van der Waals surface area contributed by atoms with Crippen molar-refractivity contribution in [3.05, 3.63) is 163 Å². The Kier molecular flexibility index (Phi) is 9.93. The minimum atomic E-state index is 0.569. The maximum atomic E-state index is 9.56. The van der Waals surface area contributed by atoms with E-state index in [-0.39, 0.29) is 0 Å². The molecule has 0 unspecified atom stereocenters. The fourth-order valence-electron chi connectivity index (χ4n) is 5.82. The van der Waals surface area contributed by atoms with Crippen LogP contribution in [0.2, 0.25) is 0 Å². The molecule has 0 atom stereocenters. The average Bonchev–Trinajstić information content (AvgIpc) is 3.18. The number of pyridine rings is 1. The summed E-state index contributed by atoms with van der Waals surface area (Å²) in [6.07, 6.45) is 5.61.